The second-order valence-corrected chi connectivity index (χ2v) is 6.44. The van der Waals surface area contributed by atoms with Crippen molar-refractivity contribution in [1.82, 2.24) is 15.1 Å². The van der Waals surface area contributed by atoms with Crippen molar-refractivity contribution in [2.75, 3.05) is 14.2 Å². The summed E-state index contributed by atoms with van der Waals surface area (Å²) in [4.78, 5) is 0. The molecule has 1 aliphatic rings. The van der Waals surface area contributed by atoms with E-state index in [2.05, 4.69) is 28.2 Å². The molecule has 1 fully saturated rings. The van der Waals surface area contributed by atoms with E-state index >= 15 is 0 Å². The van der Waals surface area contributed by atoms with Crippen LogP contribution >= 0.6 is 12.4 Å². The van der Waals surface area contributed by atoms with Gasteiger partial charge in [-0.25, -0.2) is 0 Å². The Morgan fingerprint density at radius 1 is 1.21 bits per heavy atom. The number of aryl methyl sites for hydroxylation is 1. The lowest BCUT2D eigenvalue weighted by molar-refractivity contribution is 0.415. The Kier molecular flexibility index (Phi) is 7.13. The van der Waals surface area contributed by atoms with Gasteiger partial charge in [0, 0.05) is 18.7 Å². The average Bonchev–Trinajstić information content (AvgIpc) is 3.23. The molecule has 0 saturated heterocycles. The summed E-state index contributed by atoms with van der Waals surface area (Å²) in [6, 6.07) is 10.5. The van der Waals surface area contributed by atoms with Crippen molar-refractivity contribution < 1.29 is 4.74 Å². The Hall–Kier alpha value is -1.52. The molecule has 1 N–H and O–H groups in total. The first-order valence-electron chi connectivity index (χ1n) is 8.66. The molecule has 0 atom stereocenters. The Balaban J connectivity index is 0.00000208. The topological polar surface area (TPSA) is 39.1 Å². The molecule has 1 aromatic heterocycles. The quantitative estimate of drug-likeness (QED) is 0.810. The van der Waals surface area contributed by atoms with Gasteiger partial charge in [0.1, 0.15) is 5.75 Å². The lowest BCUT2D eigenvalue weighted by Gasteiger charge is -2.12. The van der Waals surface area contributed by atoms with Crippen LogP contribution in [0.4, 0.5) is 0 Å². The SMILES string of the molecule is CNCc1cc(-c2ccc(OC)cc2)n(CCC2CCCC2)n1.Cl. The average molecular weight is 350 g/mol. The van der Waals surface area contributed by atoms with Gasteiger partial charge in [-0.1, -0.05) is 25.7 Å². The number of methoxy groups -OCH3 is 1. The van der Waals surface area contributed by atoms with Crippen LogP contribution in [0.3, 0.4) is 0 Å². The van der Waals surface area contributed by atoms with Gasteiger partial charge in [0.15, 0.2) is 0 Å². The van der Waals surface area contributed by atoms with E-state index in [0.717, 1.165) is 30.5 Å². The van der Waals surface area contributed by atoms with Crippen LogP contribution in [-0.2, 0) is 13.1 Å². The molecule has 1 saturated carbocycles. The molecule has 1 heterocycles. The van der Waals surface area contributed by atoms with Crippen LogP contribution < -0.4 is 10.1 Å². The molecule has 3 rings (SSSR count). The maximum atomic E-state index is 5.26. The molecular weight excluding hydrogens is 322 g/mol. The van der Waals surface area contributed by atoms with Crippen molar-refractivity contribution in [2.24, 2.45) is 5.92 Å². The fourth-order valence-electron chi connectivity index (χ4n) is 3.51. The van der Waals surface area contributed by atoms with Gasteiger partial charge >= 0.3 is 0 Å². The summed E-state index contributed by atoms with van der Waals surface area (Å²) in [6.45, 7) is 1.81. The molecular formula is C19H28ClN3O. The second kappa shape index (κ2) is 9.09. The zero-order valence-corrected chi connectivity index (χ0v) is 15.4. The van der Waals surface area contributed by atoms with E-state index in [9.17, 15) is 0 Å². The van der Waals surface area contributed by atoms with E-state index in [4.69, 9.17) is 9.84 Å². The zero-order chi connectivity index (χ0) is 16.1. The monoisotopic (exact) mass is 349 g/mol. The Morgan fingerprint density at radius 2 is 1.92 bits per heavy atom. The Bertz CT molecular complexity index is 618. The minimum atomic E-state index is 0. The van der Waals surface area contributed by atoms with Crippen LogP contribution in [0.15, 0.2) is 30.3 Å². The van der Waals surface area contributed by atoms with Crippen molar-refractivity contribution in [3.63, 3.8) is 0 Å². The van der Waals surface area contributed by atoms with Gasteiger partial charge in [-0.05, 0) is 49.7 Å². The van der Waals surface area contributed by atoms with E-state index < -0.39 is 0 Å². The predicted molar refractivity (Wildman–Crippen MR) is 101 cm³/mol. The number of benzene rings is 1. The molecule has 24 heavy (non-hydrogen) atoms. The van der Waals surface area contributed by atoms with Crippen LogP contribution in [-0.4, -0.2) is 23.9 Å². The standard InChI is InChI=1S/C19H27N3O.ClH/c1-20-14-17-13-19(16-7-9-18(23-2)10-8-16)22(21-17)12-11-15-5-3-4-6-15;/h7-10,13,15,20H,3-6,11-12,14H2,1-2H3;1H. The summed E-state index contributed by atoms with van der Waals surface area (Å²) in [5.41, 5.74) is 3.51. The van der Waals surface area contributed by atoms with Gasteiger partial charge in [-0.15, -0.1) is 12.4 Å². The molecule has 0 radical (unpaired) electrons. The fourth-order valence-corrected chi connectivity index (χ4v) is 3.51. The smallest absolute Gasteiger partial charge is 0.118 e. The normalized spacial score (nSPS) is 14.6. The molecule has 0 unspecified atom stereocenters. The van der Waals surface area contributed by atoms with E-state index in [1.165, 1.54) is 43.4 Å². The Labute approximate surface area is 151 Å². The van der Waals surface area contributed by atoms with Crippen molar-refractivity contribution in [3.8, 4) is 17.0 Å². The number of hydrogen-bond donors (Lipinski definition) is 1. The summed E-state index contributed by atoms with van der Waals surface area (Å²) in [5, 5.41) is 8.00. The molecule has 4 nitrogen and oxygen atoms in total. The second-order valence-electron chi connectivity index (χ2n) is 6.44. The first-order valence-corrected chi connectivity index (χ1v) is 8.66. The first-order chi connectivity index (χ1) is 11.3. The molecule has 2 aromatic rings. The maximum Gasteiger partial charge on any atom is 0.118 e. The lowest BCUT2D eigenvalue weighted by Crippen LogP contribution is -2.09. The molecule has 1 aromatic carbocycles. The third-order valence-corrected chi connectivity index (χ3v) is 4.80. The third-order valence-electron chi connectivity index (χ3n) is 4.80. The fraction of sp³-hybridized carbons (Fsp3) is 0.526. The van der Waals surface area contributed by atoms with E-state index in [-0.39, 0.29) is 12.4 Å². The van der Waals surface area contributed by atoms with Crippen molar-refractivity contribution in [1.29, 1.82) is 0 Å². The highest BCUT2D eigenvalue weighted by atomic mass is 35.5. The van der Waals surface area contributed by atoms with Gasteiger partial charge in [-0.2, -0.15) is 5.10 Å². The third kappa shape index (κ3) is 4.52. The summed E-state index contributed by atoms with van der Waals surface area (Å²) < 4.78 is 7.45. The highest BCUT2D eigenvalue weighted by molar-refractivity contribution is 5.85. The van der Waals surface area contributed by atoms with Gasteiger partial charge in [0.2, 0.25) is 0 Å². The van der Waals surface area contributed by atoms with Crippen LogP contribution in [0.25, 0.3) is 11.3 Å². The number of nitrogens with one attached hydrogen (secondary N) is 1. The van der Waals surface area contributed by atoms with Gasteiger partial charge in [-0.3, -0.25) is 4.68 Å². The largest absolute Gasteiger partial charge is 0.497 e. The minimum Gasteiger partial charge on any atom is -0.497 e. The first kappa shape index (κ1) is 18.8. The predicted octanol–water partition coefficient (Wildman–Crippen LogP) is 4.28. The van der Waals surface area contributed by atoms with Crippen molar-refractivity contribution in [3.05, 3.63) is 36.0 Å². The van der Waals surface area contributed by atoms with Crippen LogP contribution in [0.5, 0.6) is 5.75 Å². The van der Waals surface area contributed by atoms with E-state index in [0.29, 0.717) is 0 Å². The number of rotatable bonds is 7. The number of ether oxygens (including phenoxy) is 1. The molecule has 0 aliphatic heterocycles. The Morgan fingerprint density at radius 3 is 2.54 bits per heavy atom. The summed E-state index contributed by atoms with van der Waals surface area (Å²) in [6.07, 6.45) is 6.83. The van der Waals surface area contributed by atoms with Crippen LogP contribution in [0, 0.1) is 5.92 Å². The number of nitrogens with zero attached hydrogens (tertiary/aromatic N) is 2. The van der Waals surface area contributed by atoms with Crippen molar-refractivity contribution in [2.45, 2.75) is 45.2 Å². The van der Waals surface area contributed by atoms with Gasteiger partial charge < -0.3 is 10.1 Å². The zero-order valence-electron chi connectivity index (χ0n) is 14.6. The highest BCUT2D eigenvalue weighted by Crippen LogP contribution is 2.29. The summed E-state index contributed by atoms with van der Waals surface area (Å²) in [5.74, 6) is 1.77. The van der Waals surface area contributed by atoms with Crippen molar-refractivity contribution >= 4 is 12.4 Å². The molecule has 0 spiro atoms. The molecule has 0 bridgehead atoms. The number of halogens is 1. The van der Waals surface area contributed by atoms with E-state index in [1.807, 2.05) is 19.2 Å². The summed E-state index contributed by atoms with van der Waals surface area (Å²) in [7, 11) is 3.66. The highest BCUT2D eigenvalue weighted by Gasteiger charge is 2.16. The number of hydrogen-bond acceptors (Lipinski definition) is 3. The minimum absolute atomic E-state index is 0. The van der Waals surface area contributed by atoms with Gasteiger partial charge in [0.05, 0.1) is 18.5 Å². The maximum absolute atomic E-state index is 5.26. The lowest BCUT2D eigenvalue weighted by atomic mass is 10.0. The molecule has 132 valence electrons. The van der Waals surface area contributed by atoms with Crippen LogP contribution in [0.1, 0.15) is 37.8 Å². The molecule has 5 heteroatoms. The molecule has 0 amide bonds. The van der Waals surface area contributed by atoms with Crippen LogP contribution in [0.2, 0.25) is 0 Å². The molecule has 1 aliphatic carbocycles. The van der Waals surface area contributed by atoms with E-state index in [1.54, 1.807) is 7.11 Å². The van der Waals surface area contributed by atoms with Gasteiger partial charge in [0.25, 0.3) is 0 Å². The summed E-state index contributed by atoms with van der Waals surface area (Å²) >= 11 is 0. The number of aromatic nitrogens is 2.